The van der Waals surface area contributed by atoms with Crippen LogP contribution in [0.3, 0.4) is 0 Å². The van der Waals surface area contributed by atoms with Gasteiger partial charge in [-0.25, -0.2) is 0 Å². The number of rotatable bonds is 3. The third-order valence-electron chi connectivity index (χ3n) is 2.75. The smallest absolute Gasteiger partial charge is 0.0644 e. The fraction of sp³-hybridized carbons (Fsp3) is 0.143. The van der Waals surface area contributed by atoms with Crippen molar-refractivity contribution < 1.29 is 0 Å². The van der Waals surface area contributed by atoms with Crippen molar-refractivity contribution in [2.45, 2.75) is 13.0 Å². The SMILES string of the molecule is CC(Nc1ccc(Cl)c(Cl)c1)c1cccc(Cl)c1Cl. The highest BCUT2D eigenvalue weighted by atomic mass is 35.5. The highest BCUT2D eigenvalue weighted by molar-refractivity contribution is 6.42. The van der Waals surface area contributed by atoms with Gasteiger partial charge in [0.25, 0.3) is 0 Å². The summed E-state index contributed by atoms with van der Waals surface area (Å²) in [5.41, 5.74) is 1.80. The predicted molar refractivity (Wildman–Crippen MR) is 85.0 cm³/mol. The Morgan fingerprint density at radius 2 is 1.63 bits per heavy atom. The zero-order valence-corrected chi connectivity index (χ0v) is 13.1. The maximum atomic E-state index is 6.19. The van der Waals surface area contributed by atoms with Crippen LogP contribution >= 0.6 is 46.4 Å². The summed E-state index contributed by atoms with van der Waals surface area (Å²) in [7, 11) is 0. The van der Waals surface area contributed by atoms with Gasteiger partial charge in [0.15, 0.2) is 0 Å². The van der Waals surface area contributed by atoms with Gasteiger partial charge in [-0.3, -0.25) is 0 Å². The lowest BCUT2D eigenvalue weighted by atomic mass is 10.1. The van der Waals surface area contributed by atoms with Gasteiger partial charge in [-0.05, 0) is 36.8 Å². The molecule has 0 bridgehead atoms. The van der Waals surface area contributed by atoms with Crippen molar-refractivity contribution in [3.8, 4) is 0 Å². The van der Waals surface area contributed by atoms with Crippen LogP contribution in [0.2, 0.25) is 20.1 Å². The number of hydrogen-bond donors (Lipinski definition) is 1. The first kappa shape index (κ1) is 14.8. The van der Waals surface area contributed by atoms with Gasteiger partial charge in [0.2, 0.25) is 0 Å². The Kier molecular flexibility index (Phi) is 4.86. The second-order valence-corrected chi connectivity index (χ2v) is 5.74. The third kappa shape index (κ3) is 3.49. The quantitative estimate of drug-likeness (QED) is 0.677. The molecule has 2 aromatic carbocycles. The number of nitrogens with one attached hydrogen (secondary N) is 1. The topological polar surface area (TPSA) is 12.0 Å². The molecule has 0 spiro atoms. The summed E-state index contributed by atoms with van der Waals surface area (Å²) in [6.45, 7) is 2.00. The van der Waals surface area contributed by atoms with Crippen LogP contribution in [0, 0.1) is 0 Å². The van der Waals surface area contributed by atoms with E-state index in [4.69, 9.17) is 46.4 Å². The predicted octanol–water partition coefficient (Wildman–Crippen LogP) is 6.47. The lowest BCUT2D eigenvalue weighted by Gasteiger charge is -2.18. The Morgan fingerprint density at radius 1 is 0.895 bits per heavy atom. The largest absolute Gasteiger partial charge is 0.378 e. The van der Waals surface area contributed by atoms with Crippen LogP contribution in [0.15, 0.2) is 36.4 Å². The fourth-order valence-corrected chi connectivity index (χ4v) is 2.54. The van der Waals surface area contributed by atoms with Crippen molar-refractivity contribution in [1.82, 2.24) is 0 Å². The molecular formula is C14H11Cl4N. The van der Waals surface area contributed by atoms with Gasteiger partial charge in [-0.15, -0.1) is 0 Å². The van der Waals surface area contributed by atoms with Gasteiger partial charge in [0, 0.05) is 5.69 Å². The standard InChI is InChI=1S/C14H11Cl4N/c1-8(10-3-2-4-12(16)14(10)18)19-9-5-6-11(15)13(17)7-9/h2-8,19H,1H3. The van der Waals surface area contributed by atoms with Crippen molar-refractivity contribution >= 4 is 52.1 Å². The summed E-state index contributed by atoms with van der Waals surface area (Å²) in [4.78, 5) is 0. The molecule has 2 aromatic rings. The summed E-state index contributed by atoms with van der Waals surface area (Å²) < 4.78 is 0. The molecular weight excluding hydrogens is 324 g/mol. The van der Waals surface area contributed by atoms with Crippen LogP contribution < -0.4 is 5.32 Å². The normalized spacial score (nSPS) is 12.3. The van der Waals surface area contributed by atoms with Crippen LogP contribution in [-0.4, -0.2) is 0 Å². The average molecular weight is 335 g/mol. The minimum absolute atomic E-state index is 0.00319. The zero-order valence-electron chi connectivity index (χ0n) is 10.1. The molecule has 5 heteroatoms. The number of hydrogen-bond acceptors (Lipinski definition) is 1. The minimum Gasteiger partial charge on any atom is -0.378 e. The summed E-state index contributed by atoms with van der Waals surface area (Å²) in [5.74, 6) is 0. The fourth-order valence-electron chi connectivity index (χ4n) is 1.77. The lowest BCUT2D eigenvalue weighted by Crippen LogP contribution is -2.07. The molecule has 1 atom stereocenters. The first-order chi connectivity index (χ1) is 8.99. The molecule has 2 rings (SSSR count). The van der Waals surface area contributed by atoms with E-state index >= 15 is 0 Å². The van der Waals surface area contributed by atoms with Gasteiger partial charge >= 0.3 is 0 Å². The Labute approximate surface area is 132 Å². The summed E-state index contributed by atoms with van der Waals surface area (Å²) in [6.07, 6.45) is 0. The second kappa shape index (κ2) is 6.23. The van der Waals surface area contributed by atoms with Crippen LogP contribution in [0.4, 0.5) is 5.69 Å². The van der Waals surface area contributed by atoms with E-state index in [2.05, 4.69) is 5.32 Å². The number of benzene rings is 2. The zero-order chi connectivity index (χ0) is 14.0. The molecule has 0 radical (unpaired) electrons. The molecule has 0 amide bonds. The Bertz CT molecular complexity index is 598. The monoisotopic (exact) mass is 333 g/mol. The van der Waals surface area contributed by atoms with Crippen molar-refractivity contribution in [1.29, 1.82) is 0 Å². The van der Waals surface area contributed by atoms with Gasteiger partial charge in [0.05, 0.1) is 26.1 Å². The van der Waals surface area contributed by atoms with Crippen molar-refractivity contribution in [3.05, 3.63) is 62.1 Å². The molecule has 1 nitrogen and oxygen atoms in total. The van der Waals surface area contributed by atoms with E-state index in [-0.39, 0.29) is 6.04 Å². The molecule has 0 fully saturated rings. The average Bonchev–Trinajstić information content (AvgIpc) is 2.37. The maximum Gasteiger partial charge on any atom is 0.0644 e. The van der Waals surface area contributed by atoms with Gasteiger partial charge in [0.1, 0.15) is 0 Å². The molecule has 0 aliphatic rings. The van der Waals surface area contributed by atoms with Crippen molar-refractivity contribution in [2.24, 2.45) is 0 Å². The Hall–Kier alpha value is -0.600. The van der Waals surface area contributed by atoms with Crippen LogP contribution in [0.1, 0.15) is 18.5 Å². The summed E-state index contributed by atoms with van der Waals surface area (Å²) >= 11 is 24.1. The van der Waals surface area contributed by atoms with E-state index in [0.29, 0.717) is 20.1 Å². The summed E-state index contributed by atoms with van der Waals surface area (Å²) in [5, 5.41) is 5.45. The van der Waals surface area contributed by atoms with Crippen LogP contribution in [0.5, 0.6) is 0 Å². The van der Waals surface area contributed by atoms with Gasteiger partial charge in [-0.1, -0.05) is 58.5 Å². The molecule has 1 N–H and O–H groups in total. The number of anilines is 1. The van der Waals surface area contributed by atoms with Crippen LogP contribution in [0.25, 0.3) is 0 Å². The van der Waals surface area contributed by atoms with Gasteiger partial charge < -0.3 is 5.32 Å². The highest BCUT2D eigenvalue weighted by Gasteiger charge is 2.12. The molecule has 0 aliphatic heterocycles. The van der Waals surface area contributed by atoms with E-state index in [0.717, 1.165) is 11.3 Å². The Morgan fingerprint density at radius 3 is 2.32 bits per heavy atom. The molecule has 0 saturated heterocycles. The van der Waals surface area contributed by atoms with E-state index < -0.39 is 0 Å². The second-order valence-electron chi connectivity index (χ2n) is 4.14. The first-order valence-electron chi connectivity index (χ1n) is 5.64. The van der Waals surface area contributed by atoms with Gasteiger partial charge in [-0.2, -0.15) is 0 Å². The van der Waals surface area contributed by atoms with Crippen molar-refractivity contribution in [3.63, 3.8) is 0 Å². The molecule has 0 aromatic heterocycles. The molecule has 0 saturated carbocycles. The van der Waals surface area contributed by atoms with Crippen LogP contribution in [-0.2, 0) is 0 Å². The van der Waals surface area contributed by atoms with Crippen molar-refractivity contribution in [2.75, 3.05) is 5.32 Å². The molecule has 0 heterocycles. The van der Waals surface area contributed by atoms with E-state index in [1.54, 1.807) is 18.2 Å². The summed E-state index contributed by atoms with van der Waals surface area (Å²) in [6, 6.07) is 11.0. The lowest BCUT2D eigenvalue weighted by molar-refractivity contribution is 0.885. The number of halogens is 4. The highest BCUT2D eigenvalue weighted by Crippen LogP contribution is 2.32. The molecule has 1 unspecified atom stereocenters. The van der Waals surface area contributed by atoms with E-state index in [1.807, 2.05) is 25.1 Å². The Balaban J connectivity index is 2.23. The van der Waals surface area contributed by atoms with E-state index in [9.17, 15) is 0 Å². The maximum absolute atomic E-state index is 6.19. The van der Waals surface area contributed by atoms with E-state index in [1.165, 1.54) is 0 Å². The molecule has 100 valence electrons. The molecule has 19 heavy (non-hydrogen) atoms. The minimum atomic E-state index is 0.00319. The first-order valence-corrected chi connectivity index (χ1v) is 7.15. The molecule has 0 aliphatic carbocycles. The third-order valence-corrected chi connectivity index (χ3v) is 4.32.